The minimum Gasteiger partial charge on any atom is -0.423 e. The van der Waals surface area contributed by atoms with Crippen molar-refractivity contribution in [1.29, 1.82) is 0 Å². The van der Waals surface area contributed by atoms with Crippen LogP contribution in [0.5, 0.6) is 0 Å². The van der Waals surface area contributed by atoms with E-state index in [0.717, 1.165) is 24.0 Å². The van der Waals surface area contributed by atoms with E-state index >= 15 is 0 Å². The minimum atomic E-state index is -2.34. The molecule has 1 aliphatic carbocycles. The Morgan fingerprint density at radius 2 is 1.92 bits per heavy atom. The van der Waals surface area contributed by atoms with Gasteiger partial charge in [0.1, 0.15) is 11.5 Å². The van der Waals surface area contributed by atoms with Gasteiger partial charge in [-0.25, -0.2) is 13.1 Å². The van der Waals surface area contributed by atoms with Crippen LogP contribution in [0.3, 0.4) is 0 Å². The van der Waals surface area contributed by atoms with Crippen LogP contribution in [0, 0.1) is 5.82 Å². The van der Waals surface area contributed by atoms with Gasteiger partial charge >= 0.3 is 7.12 Å². The number of fused-ring (bicyclic) bond motifs is 1. The average molecular weight is 571 g/mol. The van der Waals surface area contributed by atoms with Crippen LogP contribution in [0.25, 0.3) is 16.8 Å². The predicted octanol–water partition coefficient (Wildman–Crippen LogP) is 2.85. The molecule has 0 saturated heterocycles. The molecule has 1 amide bonds. The molecule has 1 saturated carbocycles. The van der Waals surface area contributed by atoms with Crippen molar-refractivity contribution in [3.63, 3.8) is 0 Å². The smallest absolute Gasteiger partial charge is 0.423 e. The lowest BCUT2D eigenvalue weighted by Crippen LogP contribution is -2.31. The summed E-state index contributed by atoms with van der Waals surface area (Å²) in [6.45, 7) is 0.171. The number of hydrogen-bond donors (Lipinski definition) is 4. The number of carbonyl (C=O) groups excluding carboxylic acids is 1. The van der Waals surface area contributed by atoms with E-state index in [1.54, 1.807) is 28.9 Å². The molecule has 2 aromatic carbocycles. The van der Waals surface area contributed by atoms with Crippen molar-refractivity contribution in [3.05, 3.63) is 87.8 Å². The predicted molar refractivity (Wildman–Crippen MR) is 147 cm³/mol. The molecule has 1 atom stereocenters. The van der Waals surface area contributed by atoms with E-state index in [1.807, 2.05) is 6.07 Å². The van der Waals surface area contributed by atoms with Gasteiger partial charge in [0, 0.05) is 42.4 Å². The zero-order valence-electron chi connectivity index (χ0n) is 20.8. The van der Waals surface area contributed by atoms with E-state index in [9.17, 15) is 28.0 Å². The van der Waals surface area contributed by atoms with E-state index in [2.05, 4.69) is 10.4 Å². The van der Waals surface area contributed by atoms with Crippen LogP contribution >= 0.6 is 11.6 Å². The summed E-state index contributed by atoms with van der Waals surface area (Å²) < 4.78 is 38.9. The fourth-order valence-electron chi connectivity index (χ4n) is 4.65. The van der Waals surface area contributed by atoms with Gasteiger partial charge in [0.2, 0.25) is 11.3 Å². The summed E-state index contributed by atoms with van der Waals surface area (Å²) in [5.74, 6) is -0.478. The van der Waals surface area contributed by atoms with E-state index in [-0.39, 0.29) is 35.4 Å². The molecule has 202 valence electrons. The van der Waals surface area contributed by atoms with Gasteiger partial charge in [0.25, 0.3) is 5.91 Å². The Hall–Kier alpha value is -3.13. The molecule has 0 bridgehead atoms. The Morgan fingerprint density at radius 1 is 1.21 bits per heavy atom. The molecule has 0 spiro atoms. The number of pyridine rings is 1. The number of nitrogens with one attached hydrogen (secondary N) is 1. The lowest BCUT2D eigenvalue weighted by Gasteiger charge is -2.20. The topological polar surface area (TPSA) is 127 Å². The Labute approximate surface area is 231 Å². The monoisotopic (exact) mass is 570 g/mol. The number of benzene rings is 2. The third-order valence-electron chi connectivity index (χ3n) is 6.75. The number of hydrogen-bond acceptors (Lipinski definition) is 5. The maximum atomic E-state index is 13.6. The molecule has 2 heterocycles. The van der Waals surface area contributed by atoms with E-state index in [0.29, 0.717) is 27.9 Å². The van der Waals surface area contributed by atoms with Crippen LogP contribution in [0.15, 0.2) is 54.7 Å². The molecule has 1 fully saturated rings. The minimum absolute atomic E-state index is 0.0657. The first kappa shape index (κ1) is 27.4. The highest BCUT2D eigenvalue weighted by atomic mass is 35.5. The standard InChI is InChI=1S/C26H25BClFN4O5S/c1-30-26(34)24-23-11-20(16-3-4-16)18(14-33(23)31-25(24)17-5-7-19(29)8-6-17)13-32(39(37)38)12-15-2-9-21(27(35)36)22(28)10-15/h2,5-11,14,16,35-36H,3-4,12-13H2,1H3,(H,30,34)(H,37,38). The van der Waals surface area contributed by atoms with Gasteiger partial charge in [-0.2, -0.15) is 9.40 Å². The Balaban J connectivity index is 1.55. The first-order valence-electron chi connectivity index (χ1n) is 12.2. The van der Waals surface area contributed by atoms with Crippen molar-refractivity contribution in [2.24, 2.45) is 0 Å². The number of carbonyl (C=O) groups is 1. The highest BCUT2D eigenvalue weighted by Gasteiger charge is 2.30. The van der Waals surface area contributed by atoms with Crippen LogP contribution in [0.2, 0.25) is 5.02 Å². The Kier molecular flexibility index (Phi) is 7.85. The number of aromatic nitrogens is 2. The van der Waals surface area contributed by atoms with E-state index in [4.69, 9.17) is 11.6 Å². The van der Waals surface area contributed by atoms with Crippen LogP contribution in [0.1, 0.15) is 45.8 Å². The Bertz CT molecular complexity index is 1580. The van der Waals surface area contributed by atoms with Crippen molar-refractivity contribution < 1.29 is 28.0 Å². The van der Waals surface area contributed by atoms with Crippen molar-refractivity contribution in [3.8, 4) is 11.3 Å². The van der Waals surface area contributed by atoms with Gasteiger partial charge in [0.15, 0.2) is 0 Å². The Morgan fingerprint density at radius 3 is 2.51 bits per heavy atom. The maximum Gasteiger partial charge on any atom is 0.489 e. The van der Waals surface area contributed by atoms with Gasteiger partial charge in [-0.3, -0.25) is 9.35 Å². The number of amides is 1. The quantitative estimate of drug-likeness (QED) is 0.181. The number of nitrogens with zero attached hydrogens (tertiary/aromatic N) is 3. The molecule has 0 aliphatic heterocycles. The molecule has 2 aromatic heterocycles. The summed E-state index contributed by atoms with van der Waals surface area (Å²) in [4.78, 5) is 12.9. The third-order valence-corrected chi connectivity index (χ3v) is 7.77. The van der Waals surface area contributed by atoms with Crippen LogP contribution < -0.4 is 10.8 Å². The van der Waals surface area contributed by atoms with Crippen LogP contribution in [-0.2, 0) is 24.4 Å². The van der Waals surface area contributed by atoms with Gasteiger partial charge in [-0.1, -0.05) is 23.7 Å². The first-order chi connectivity index (χ1) is 18.7. The fraction of sp³-hybridized carbons (Fsp3) is 0.231. The average Bonchev–Trinajstić information content (AvgIpc) is 3.68. The lowest BCUT2D eigenvalue weighted by molar-refractivity contribution is 0.0965. The third kappa shape index (κ3) is 5.76. The van der Waals surface area contributed by atoms with Gasteiger partial charge in [0.05, 0.1) is 11.1 Å². The molecule has 0 radical (unpaired) electrons. The summed E-state index contributed by atoms with van der Waals surface area (Å²) in [5.41, 5.74) is 4.42. The van der Waals surface area contributed by atoms with Crippen LogP contribution in [0.4, 0.5) is 4.39 Å². The highest BCUT2D eigenvalue weighted by molar-refractivity contribution is 7.76. The zero-order valence-corrected chi connectivity index (χ0v) is 22.4. The molecule has 1 unspecified atom stereocenters. The highest BCUT2D eigenvalue weighted by Crippen LogP contribution is 2.43. The van der Waals surface area contributed by atoms with E-state index < -0.39 is 24.2 Å². The SMILES string of the molecule is CNC(=O)c1c(-c2ccc(F)cc2)nn2cc(CN(Cc3ccc(B(O)O)c(Cl)c3)S(=O)O)c(C3CC3)cc12. The normalized spacial score (nSPS) is 14.1. The lowest BCUT2D eigenvalue weighted by atomic mass is 9.80. The molecular formula is C26H25BClFN4O5S. The molecular weight excluding hydrogens is 546 g/mol. The summed E-state index contributed by atoms with van der Waals surface area (Å²) in [6, 6.07) is 12.3. The zero-order chi connectivity index (χ0) is 27.8. The van der Waals surface area contributed by atoms with Crippen molar-refractivity contribution in [2.75, 3.05) is 7.05 Å². The molecule has 1 aliphatic rings. The van der Waals surface area contributed by atoms with Gasteiger partial charge in [-0.05, 0) is 71.8 Å². The summed E-state index contributed by atoms with van der Waals surface area (Å²) >= 11 is 3.82. The molecule has 13 heteroatoms. The summed E-state index contributed by atoms with van der Waals surface area (Å²) in [5, 5.41) is 26.3. The first-order valence-corrected chi connectivity index (χ1v) is 13.6. The second-order valence-corrected chi connectivity index (χ2v) is 10.8. The number of rotatable bonds is 9. The molecule has 5 rings (SSSR count). The molecule has 4 aromatic rings. The van der Waals surface area contributed by atoms with Gasteiger partial charge < -0.3 is 15.4 Å². The van der Waals surface area contributed by atoms with Crippen LogP contribution in [-0.4, -0.2) is 52.8 Å². The second-order valence-electron chi connectivity index (χ2n) is 9.43. The summed E-state index contributed by atoms with van der Waals surface area (Å²) in [6.07, 6.45) is 3.68. The second kappa shape index (κ2) is 11.2. The molecule has 9 nitrogen and oxygen atoms in total. The van der Waals surface area contributed by atoms with Crippen molar-refractivity contribution in [1.82, 2.24) is 19.2 Å². The number of halogens is 2. The largest absolute Gasteiger partial charge is 0.489 e. The van der Waals surface area contributed by atoms with Crippen molar-refractivity contribution >= 4 is 46.9 Å². The van der Waals surface area contributed by atoms with Gasteiger partial charge in [-0.15, -0.1) is 0 Å². The van der Waals surface area contributed by atoms with E-state index in [1.165, 1.54) is 35.6 Å². The van der Waals surface area contributed by atoms with Crippen molar-refractivity contribution in [2.45, 2.75) is 31.8 Å². The maximum absolute atomic E-state index is 13.6. The fourth-order valence-corrected chi connectivity index (χ4v) is 5.46. The summed E-state index contributed by atoms with van der Waals surface area (Å²) in [7, 11) is -0.193. The molecule has 39 heavy (non-hydrogen) atoms. The molecule has 4 N–H and O–H groups in total.